The summed E-state index contributed by atoms with van der Waals surface area (Å²) in [4.78, 5) is 0.286. The highest BCUT2D eigenvalue weighted by Gasteiger charge is 2.47. The minimum absolute atomic E-state index is 0.0467. The van der Waals surface area contributed by atoms with Crippen LogP contribution in [-0.2, 0) is 14.2 Å². The van der Waals surface area contributed by atoms with E-state index in [2.05, 4.69) is 51.2 Å². The van der Waals surface area contributed by atoms with Gasteiger partial charge in [-0.25, -0.2) is 0 Å². The summed E-state index contributed by atoms with van der Waals surface area (Å²) in [6.45, 7) is 11.7. The summed E-state index contributed by atoms with van der Waals surface area (Å²) in [6, 6.07) is 0. The van der Waals surface area contributed by atoms with Crippen molar-refractivity contribution in [1.82, 2.24) is 0 Å². The van der Waals surface area contributed by atoms with Crippen LogP contribution in [0.4, 0.5) is 0 Å². The summed E-state index contributed by atoms with van der Waals surface area (Å²) in [5.41, 5.74) is 0. The zero-order valence-electron chi connectivity index (χ0n) is 14.9. The van der Waals surface area contributed by atoms with Crippen LogP contribution in [0.3, 0.4) is 0 Å². The molecule has 0 bridgehead atoms. The van der Waals surface area contributed by atoms with E-state index in [4.69, 9.17) is 14.2 Å². The molecule has 3 fully saturated rings. The van der Waals surface area contributed by atoms with E-state index in [0.29, 0.717) is 0 Å². The van der Waals surface area contributed by atoms with Gasteiger partial charge in [0.15, 0.2) is 0 Å². The normalized spacial score (nSPS) is 39.5. The Labute approximate surface area is 167 Å². The van der Waals surface area contributed by atoms with Crippen molar-refractivity contribution in [1.29, 1.82) is 0 Å². The van der Waals surface area contributed by atoms with Gasteiger partial charge in [0.25, 0.3) is 0 Å². The SMILES string of the molecule is CC1(SCCSCC(C)(SCCSC2(C)CO2)SC2(C)CO2)CO1. The molecule has 0 saturated carbocycles. The summed E-state index contributed by atoms with van der Waals surface area (Å²) in [7, 11) is 0. The van der Waals surface area contributed by atoms with Gasteiger partial charge in [0, 0.05) is 28.8 Å². The van der Waals surface area contributed by atoms with E-state index in [1.807, 2.05) is 35.3 Å². The molecule has 0 aromatic heterocycles. The lowest BCUT2D eigenvalue weighted by Gasteiger charge is -2.30. The molecule has 4 atom stereocenters. The van der Waals surface area contributed by atoms with Crippen LogP contribution >= 0.6 is 58.8 Å². The van der Waals surface area contributed by atoms with Crippen LogP contribution in [0.5, 0.6) is 0 Å². The molecule has 0 radical (unpaired) electrons. The van der Waals surface area contributed by atoms with E-state index in [9.17, 15) is 0 Å². The second-order valence-corrected chi connectivity index (χ2v) is 15.2. The van der Waals surface area contributed by atoms with Gasteiger partial charge in [-0.15, -0.1) is 47.0 Å². The molecule has 0 spiro atoms. The maximum Gasteiger partial charge on any atom is 0.135 e. The molecule has 4 unspecified atom stereocenters. The first-order valence-electron chi connectivity index (χ1n) is 8.36. The summed E-state index contributed by atoms with van der Waals surface area (Å²) in [5, 5.41) is 0. The van der Waals surface area contributed by atoms with Crippen LogP contribution in [0, 0.1) is 0 Å². The summed E-state index contributed by atoms with van der Waals surface area (Å²) < 4.78 is 16.7. The van der Waals surface area contributed by atoms with Crippen LogP contribution in [0.2, 0.25) is 0 Å². The van der Waals surface area contributed by atoms with Gasteiger partial charge in [-0.05, 0) is 27.7 Å². The minimum atomic E-state index is 0.0467. The minimum Gasteiger partial charge on any atom is -0.358 e. The van der Waals surface area contributed by atoms with E-state index < -0.39 is 0 Å². The molecule has 3 saturated heterocycles. The topological polar surface area (TPSA) is 37.6 Å². The smallest absolute Gasteiger partial charge is 0.135 e. The van der Waals surface area contributed by atoms with Gasteiger partial charge >= 0.3 is 0 Å². The number of ether oxygens (including phenoxy) is 3. The van der Waals surface area contributed by atoms with Gasteiger partial charge in [0.1, 0.15) is 14.8 Å². The van der Waals surface area contributed by atoms with Crippen molar-refractivity contribution >= 4 is 58.8 Å². The molecule has 0 aromatic carbocycles. The van der Waals surface area contributed by atoms with Gasteiger partial charge in [-0.1, -0.05) is 0 Å². The van der Waals surface area contributed by atoms with Crippen molar-refractivity contribution in [3.63, 3.8) is 0 Å². The number of rotatable bonds is 13. The zero-order valence-corrected chi connectivity index (χ0v) is 19.0. The molecule has 140 valence electrons. The predicted molar refractivity (Wildman–Crippen MR) is 114 cm³/mol. The van der Waals surface area contributed by atoms with Crippen LogP contribution < -0.4 is 0 Å². The molecule has 8 heteroatoms. The fourth-order valence-corrected chi connectivity index (χ4v) is 9.08. The Morgan fingerprint density at radius 1 is 0.792 bits per heavy atom. The van der Waals surface area contributed by atoms with Gasteiger partial charge in [0.05, 0.1) is 23.9 Å². The third-order valence-electron chi connectivity index (χ3n) is 3.98. The largest absolute Gasteiger partial charge is 0.358 e. The fourth-order valence-electron chi connectivity index (χ4n) is 2.18. The highest BCUT2D eigenvalue weighted by molar-refractivity contribution is 8.20. The first kappa shape index (κ1) is 20.4. The summed E-state index contributed by atoms with van der Waals surface area (Å²) in [5.74, 6) is 5.86. The van der Waals surface area contributed by atoms with Crippen molar-refractivity contribution in [2.75, 3.05) is 48.6 Å². The van der Waals surface area contributed by atoms with E-state index >= 15 is 0 Å². The second kappa shape index (κ2) is 7.94. The van der Waals surface area contributed by atoms with E-state index in [1.54, 1.807) is 0 Å². The number of epoxide rings is 3. The Bertz CT molecular complexity index is 437. The summed E-state index contributed by atoms with van der Waals surface area (Å²) >= 11 is 10.1. The van der Waals surface area contributed by atoms with Crippen LogP contribution in [-0.4, -0.2) is 67.5 Å². The molecular weight excluding hydrogens is 401 g/mol. The predicted octanol–water partition coefficient (Wildman–Crippen LogP) is 4.61. The van der Waals surface area contributed by atoms with Crippen molar-refractivity contribution in [3.05, 3.63) is 0 Å². The van der Waals surface area contributed by atoms with E-state index in [1.165, 1.54) is 17.3 Å². The first-order chi connectivity index (χ1) is 11.2. The Kier molecular flexibility index (Phi) is 6.73. The van der Waals surface area contributed by atoms with Crippen LogP contribution in [0.15, 0.2) is 0 Å². The van der Waals surface area contributed by atoms with E-state index in [-0.39, 0.29) is 18.9 Å². The Morgan fingerprint density at radius 2 is 1.29 bits per heavy atom. The first-order valence-corrected chi connectivity index (χ1v) is 13.3. The van der Waals surface area contributed by atoms with Crippen LogP contribution in [0.25, 0.3) is 0 Å². The Morgan fingerprint density at radius 3 is 1.79 bits per heavy atom. The van der Waals surface area contributed by atoms with Gasteiger partial charge < -0.3 is 14.2 Å². The monoisotopic (exact) mass is 428 g/mol. The van der Waals surface area contributed by atoms with Gasteiger partial charge in [-0.2, -0.15) is 11.8 Å². The van der Waals surface area contributed by atoms with Gasteiger partial charge in [0.2, 0.25) is 0 Å². The highest BCUT2D eigenvalue weighted by atomic mass is 32.2. The molecule has 0 N–H and O–H groups in total. The third kappa shape index (κ3) is 6.98. The Hall–Kier alpha value is 1.63. The molecule has 0 amide bonds. The maximum atomic E-state index is 5.64. The molecule has 3 nitrogen and oxygen atoms in total. The fraction of sp³-hybridized carbons (Fsp3) is 1.00. The third-order valence-corrected chi connectivity index (χ3v) is 11.7. The van der Waals surface area contributed by atoms with Gasteiger partial charge in [-0.3, -0.25) is 0 Å². The average molecular weight is 429 g/mol. The lowest BCUT2D eigenvalue weighted by molar-refractivity contribution is 0.401. The van der Waals surface area contributed by atoms with Crippen molar-refractivity contribution in [3.8, 4) is 0 Å². The maximum absolute atomic E-state index is 5.64. The summed E-state index contributed by atoms with van der Waals surface area (Å²) in [6.07, 6.45) is 0. The Balaban J connectivity index is 1.35. The number of thioether (sulfide) groups is 5. The highest BCUT2D eigenvalue weighted by Crippen LogP contribution is 2.52. The van der Waals surface area contributed by atoms with Crippen molar-refractivity contribution < 1.29 is 14.2 Å². The number of hydrogen-bond donors (Lipinski definition) is 0. The number of hydrogen-bond acceptors (Lipinski definition) is 8. The van der Waals surface area contributed by atoms with Crippen molar-refractivity contribution in [2.45, 2.75) is 46.6 Å². The van der Waals surface area contributed by atoms with E-state index in [0.717, 1.165) is 31.3 Å². The zero-order chi connectivity index (χ0) is 17.3. The molecular formula is C16H28O3S5. The molecule has 24 heavy (non-hydrogen) atoms. The van der Waals surface area contributed by atoms with Crippen LogP contribution in [0.1, 0.15) is 27.7 Å². The lowest BCUT2D eigenvalue weighted by Crippen LogP contribution is -2.25. The molecule has 3 aliphatic rings. The molecule has 0 aromatic rings. The molecule has 0 aliphatic carbocycles. The standard InChI is InChI=1S/C16H28O3S5/c1-13(9-17-13)21-6-5-20-12-16(4,24-15(3)11-19-15)23-8-7-22-14(2)10-18-14/h5-12H2,1-4H3. The molecule has 3 heterocycles. The second-order valence-electron chi connectivity index (χ2n) is 7.10. The molecule has 3 rings (SSSR count). The average Bonchev–Trinajstić information content (AvgIpc) is 3.43. The molecule has 3 aliphatic heterocycles. The quantitative estimate of drug-likeness (QED) is 0.239. The lowest BCUT2D eigenvalue weighted by atomic mass is 10.5. The van der Waals surface area contributed by atoms with Crippen molar-refractivity contribution in [2.24, 2.45) is 0 Å².